The number of carbonyl (C=O) groups excluding carboxylic acids is 1. The van der Waals surface area contributed by atoms with E-state index in [4.69, 9.17) is 9.47 Å². The second-order valence-electron chi connectivity index (χ2n) is 6.42. The number of benzene rings is 1. The molecule has 0 spiro atoms. The fraction of sp³-hybridized carbons (Fsp3) is 0.429. The Morgan fingerprint density at radius 1 is 1.15 bits per heavy atom. The highest BCUT2D eigenvalue weighted by Gasteiger charge is 2.15. The minimum Gasteiger partial charge on any atom is -0.493 e. The van der Waals surface area contributed by atoms with Gasteiger partial charge in [-0.15, -0.1) is 0 Å². The standard InChI is InChI=1S/C21H28N2O4/c1-5-6-11-22-20(24)19-15(2)9-12-23(21(19)25)13-10-16-7-8-17(26-3)18(14-16)27-4/h7-9,12,14H,5-6,10-11,13H2,1-4H3,(H,22,24). The summed E-state index contributed by atoms with van der Waals surface area (Å²) in [6.45, 7) is 4.90. The lowest BCUT2D eigenvalue weighted by atomic mass is 10.1. The lowest BCUT2D eigenvalue weighted by Crippen LogP contribution is -2.34. The molecule has 0 unspecified atom stereocenters. The van der Waals surface area contributed by atoms with Crippen LogP contribution in [0.5, 0.6) is 11.5 Å². The maximum absolute atomic E-state index is 12.8. The molecule has 6 nitrogen and oxygen atoms in total. The summed E-state index contributed by atoms with van der Waals surface area (Å²) in [5.41, 5.74) is 1.68. The van der Waals surface area contributed by atoms with Gasteiger partial charge in [-0.25, -0.2) is 0 Å². The molecule has 0 bridgehead atoms. The third kappa shape index (κ3) is 5.12. The van der Waals surface area contributed by atoms with Crippen molar-refractivity contribution in [2.45, 2.75) is 39.7 Å². The molecule has 0 aliphatic rings. The van der Waals surface area contributed by atoms with Gasteiger partial charge in [0, 0.05) is 19.3 Å². The summed E-state index contributed by atoms with van der Waals surface area (Å²) in [6, 6.07) is 7.50. The zero-order valence-corrected chi connectivity index (χ0v) is 16.5. The SMILES string of the molecule is CCCCNC(=O)c1c(C)ccn(CCc2ccc(OC)c(OC)c2)c1=O. The average Bonchev–Trinajstić information content (AvgIpc) is 2.67. The van der Waals surface area contributed by atoms with E-state index in [2.05, 4.69) is 12.2 Å². The zero-order chi connectivity index (χ0) is 19.8. The predicted octanol–water partition coefficient (Wildman–Crippen LogP) is 2.95. The second-order valence-corrected chi connectivity index (χ2v) is 6.42. The average molecular weight is 372 g/mol. The molecule has 6 heteroatoms. The number of nitrogens with one attached hydrogen (secondary N) is 1. The van der Waals surface area contributed by atoms with Crippen LogP contribution in [0.4, 0.5) is 0 Å². The number of ether oxygens (including phenoxy) is 2. The molecule has 1 aromatic carbocycles. The van der Waals surface area contributed by atoms with Crippen LogP contribution < -0.4 is 20.3 Å². The van der Waals surface area contributed by atoms with Crippen molar-refractivity contribution < 1.29 is 14.3 Å². The van der Waals surface area contributed by atoms with E-state index in [1.165, 1.54) is 0 Å². The maximum atomic E-state index is 12.8. The van der Waals surface area contributed by atoms with Crippen LogP contribution >= 0.6 is 0 Å². The molecular formula is C21H28N2O4. The van der Waals surface area contributed by atoms with E-state index in [1.807, 2.05) is 24.3 Å². The molecule has 0 aliphatic carbocycles. The van der Waals surface area contributed by atoms with E-state index in [1.54, 1.807) is 31.9 Å². The molecule has 0 saturated carbocycles. The number of rotatable bonds is 9. The highest BCUT2D eigenvalue weighted by atomic mass is 16.5. The summed E-state index contributed by atoms with van der Waals surface area (Å²) in [5.74, 6) is 1.02. The molecule has 1 amide bonds. The van der Waals surface area contributed by atoms with Crippen molar-refractivity contribution in [1.29, 1.82) is 0 Å². The molecule has 2 aromatic rings. The van der Waals surface area contributed by atoms with Crippen molar-refractivity contribution in [2.24, 2.45) is 0 Å². The number of pyridine rings is 1. The van der Waals surface area contributed by atoms with Gasteiger partial charge in [-0.1, -0.05) is 19.4 Å². The number of hydrogen-bond acceptors (Lipinski definition) is 4. The maximum Gasteiger partial charge on any atom is 0.263 e. The van der Waals surface area contributed by atoms with Crippen LogP contribution in [0.15, 0.2) is 35.3 Å². The van der Waals surface area contributed by atoms with Crippen molar-refractivity contribution >= 4 is 5.91 Å². The van der Waals surface area contributed by atoms with Crippen LogP contribution in [0.25, 0.3) is 0 Å². The van der Waals surface area contributed by atoms with Crippen molar-refractivity contribution in [3.8, 4) is 11.5 Å². The number of aryl methyl sites for hydroxylation is 3. The van der Waals surface area contributed by atoms with Gasteiger partial charge in [0.2, 0.25) is 0 Å². The van der Waals surface area contributed by atoms with Crippen LogP contribution in [0.1, 0.15) is 41.3 Å². The van der Waals surface area contributed by atoms with E-state index >= 15 is 0 Å². The first-order valence-corrected chi connectivity index (χ1v) is 9.21. The summed E-state index contributed by atoms with van der Waals surface area (Å²) in [7, 11) is 3.19. The summed E-state index contributed by atoms with van der Waals surface area (Å²) >= 11 is 0. The van der Waals surface area contributed by atoms with Crippen molar-refractivity contribution in [3.63, 3.8) is 0 Å². The van der Waals surface area contributed by atoms with Crippen LogP contribution in [-0.2, 0) is 13.0 Å². The fourth-order valence-corrected chi connectivity index (χ4v) is 2.87. The Kier molecular flexibility index (Phi) is 7.46. The summed E-state index contributed by atoms with van der Waals surface area (Å²) in [6.07, 6.45) is 4.26. The number of methoxy groups -OCH3 is 2. The molecular weight excluding hydrogens is 344 g/mol. The Morgan fingerprint density at radius 3 is 2.56 bits per heavy atom. The third-order valence-corrected chi connectivity index (χ3v) is 4.51. The fourth-order valence-electron chi connectivity index (χ4n) is 2.87. The lowest BCUT2D eigenvalue weighted by molar-refractivity contribution is 0.0950. The quantitative estimate of drug-likeness (QED) is 0.687. The van der Waals surface area contributed by atoms with Gasteiger partial charge >= 0.3 is 0 Å². The molecule has 0 atom stereocenters. The third-order valence-electron chi connectivity index (χ3n) is 4.51. The summed E-state index contributed by atoms with van der Waals surface area (Å²) in [4.78, 5) is 25.2. The number of hydrogen-bond donors (Lipinski definition) is 1. The van der Waals surface area contributed by atoms with Gasteiger partial charge in [0.1, 0.15) is 5.56 Å². The lowest BCUT2D eigenvalue weighted by Gasteiger charge is -2.12. The number of unbranched alkanes of at least 4 members (excludes halogenated alkanes) is 1. The molecule has 0 aliphatic heterocycles. The molecule has 27 heavy (non-hydrogen) atoms. The van der Waals surface area contributed by atoms with Gasteiger partial charge in [-0.3, -0.25) is 9.59 Å². The first kappa shape index (κ1) is 20.6. The number of amides is 1. The summed E-state index contributed by atoms with van der Waals surface area (Å²) in [5, 5.41) is 2.83. The molecule has 0 fully saturated rings. The van der Waals surface area contributed by atoms with E-state index in [0.29, 0.717) is 36.6 Å². The zero-order valence-electron chi connectivity index (χ0n) is 16.5. The number of aromatic nitrogens is 1. The Labute approximate surface area is 160 Å². The molecule has 1 N–H and O–H groups in total. The van der Waals surface area contributed by atoms with Crippen LogP contribution in [0, 0.1) is 6.92 Å². The molecule has 0 saturated heterocycles. The monoisotopic (exact) mass is 372 g/mol. The van der Waals surface area contributed by atoms with Gasteiger partial charge in [0.25, 0.3) is 11.5 Å². The first-order valence-electron chi connectivity index (χ1n) is 9.21. The first-order chi connectivity index (χ1) is 13.0. The minimum atomic E-state index is -0.300. The molecule has 1 aromatic heterocycles. The Balaban J connectivity index is 2.17. The molecule has 2 rings (SSSR count). The van der Waals surface area contributed by atoms with Gasteiger partial charge in [0.05, 0.1) is 14.2 Å². The minimum absolute atomic E-state index is 0.223. The van der Waals surface area contributed by atoms with Crippen LogP contribution in [0.3, 0.4) is 0 Å². The second kappa shape index (κ2) is 9.80. The molecule has 1 heterocycles. The largest absolute Gasteiger partial charge is 0.493 e. The Morgan fingerprint density at radius 2 is 1.89 bits per heavy atom. The smallest absolute Gasteiger partial charge is 0.263 e. The summed E-state index contributed by atoms with van der Waals surface area (Å²) < 4.78 is 12.1. The van der Waals surface area contributed by atoms with Gasteiger partial charge in [0.15, 0.2) is 11.5 Å². The number of nitrogens with zero attached hydrogens (tertiary/aromatic N) is 1. The van der Waals surface area contributed by atoms with Crippen molar-refractivity contribution in [2.75, 3.05) is 20.8 Å². The predicted molar refractivity (Wildman–Crippen MR) is 106 cm³/mol. The Hall–Kier alpha value is -2.76. The van der Waals surface area contributed by atoms with E-state index in [9.17, 15) is 9.59 Å². The highest BCUT2D eigenvalue weighted by molar-refractivity contribution is 5.95. The van der Waals surface area contributed by atoms with Crippen LogP contribution in [0.2, 0.25) is 0 Å². The van der Waals surface area contributed by atoms with Crippen LogP contribution in [-0.4, -0.2) is 31.2 Å². The van der Waals surface area contributed by atoms with Gasteiger partial charge in [-0.2, -0.15) is 0 Å². The normalized spacial score (nSPS) is 10.5. The van der Waals surface area contributed by atoms with Crippen molar-refractivity contribution in [1.82, 2.24) is 9.88 Å². The number of carbonyl (C=O) groups is 1. The highest BCUT2D eigenvalue weighted by Crippen LogP contribution is 2.27. The van der Waals surface area contributed by atoms with E-state index in [-0.39, 0.29) is 17.0 Å². The van der Waals surface area contributed by atoms with Gasteiger partial charge < -0.3 is 19.4 Å². The topological polar surface area (TPSA) is 69.6 Å². The van der Waals surface area contributed by atoms with E-state index in [0.717, 1.165) is 18.4 Å². The van der Waals surface area contributed by atoms with Crippen molar-refractivity contribution in [3.05, 3.63) is 57.5 Å². The van der Waals surface area contributed by atoms with E-state index < -0.39 is 0 Å². The molecule has 0 radical (unpaired) electrons. The molecule has 146 valence electrons. The van der Waals surface area contributed by atoms with Gasteiger partial charge in [-0.05, 0) is 49.1 Å². The Bertz CT molecular complexity index is 843.